The fraction of sp³-hybridized carbons (Fsp3) is 0.273. The average molecular weight is 274 g/mol. The Morgan fingerprint density at radius 1 is 1.18 bits per heavy atom. The van der Waals surface area contributed by atoms with Crippen LogP contribution in [0.25, 0.3) is 16.6 Å². The van der Waals surface area contributed by atoms with Crippen molar-refractivity contribution in [2.24, 2.45) is 0 Å². The maximum absolute atomic E-state index is 8.96. The second-order valence-corrected chi connectivity index (χ2v) is 3.79. The monoisotopic (exact) mass is 274 g/mol. The number of benzene rings is 1. The topological polar surface area (TPSA) is 66.7 Å². The molecule has 0 spiro atoms. The van der Waals surface area contributed by atoms with Gasteiger partial charge in [-0.05, 0) is 42.5 Å². The molecule has 2 aromatic rings. The van der Waals surface area contributed by atoms with Crippen LogP contribution in [-0.4, -0.2) is 16.6 Å². The number of hydrogen-bond donors (Lipinski definition) is 0. The molecule has 0 fully saturated rings. The maximum Gasteiger partial charge on any atom is 1.00 e. The summed E-state index contributed by atoms with van der Waals surface area (Å²) < 4.78 is 8.96. The maximum atomic E-state index is 8.96. The van der Waals surface area contributed by atoms with E-state index in [4.69, 9.17) is 10.3 Å². The summed E-state index contributed by atoms with van der Waals surface area (Å²) in [6, 6.07) is 3.96. The molecular formula is C11H14KN3OP+. The van der Waals surface area contributed by atoms with Gasteiger partial charge < -0.3 is 10.7 Å². The SMILES string of the molecule is C[PH+]=O.Cc1cc2ncnc([NH-])c2cc1C.[K+]. The van der Waals surface area contributed by atoms with E-state index in [1.165, 1.54) is 17.5 Å². The van der Waals surface area contributed by atoms with Crippen LogP contribution in [0.4, 0.5) is 5.82 Å². The van der Waals surface area contributed by atoms with Crippen LogP contribution in [0.3, 0.4) is 0 Å². The molecule has 1 unspecified atom stereocenters. The van der Waals surface area contributed by atoms with E-state index in [2.05, 4.69) is 9.97 Å². The Morgan fingerprint density at radius 2 is 1.71 bits per heavy atom. The second kappa shape index (κ2) is 8.24. The van der Waals surface area contributed by atoms with Gasteiger partial charge in [0.15, 0.2) is 0 Å². The van der Waals surface area contributed by atoms with Crippen LogP contribution < -0.4 is 51.4 Å². The van der Waals surface area contributed by atoms with Crippen LogP contribution in [0.15, 0.2) is 18.5 Å². The first-order chi connectivity index (χ1) is 7.60. The van der Waals surface area contributed by atoms with Gasteiger partial charge in [0.05, 0.1) is 5.52 Å². The number of rotatable bonds is 0. The second-order valence-electron chi connectivity index (χ2n) is 3.38. The molecule has 0 aliphatic heterocycles. The van der Waals surface area contributed by atoms with Gasteiger partial charge in [0.2, 0.25) is 0 Å². The van der Waals surface area contributed by atoms with E-state index in [-0.39, 0.29) is 59.8 Å². The standard InChI is InChI=1S/C10H10N3.CH3OP.K/c1-6-3-8-9(4-7(6)2)12-5-13-10(8)11;1-3-2;/h3-5H,1-2H3,(H-,11,12,13);1H3;/q-1;;+1/p+1. The summed E-state index contributed by atoms with van der Waals surface area (Å²) in [5, 5.41) is 0.825. The molecule has 0 bridgehead atoms. The summed E-state index contributed by atoms with van der Waals surface area (Å²) in [7, 11) is -0.167. The summed E-state index contributed by atoms with van der Waals surface area (Å²) in [5.74, 6) is 0.299. The molecule has 4 nitrogen and oxygen atoms in total. The molecule has 0 saturated carbocycles. The molecule has 6 heteroatoms. The van der Waals surface area contributed by atoms with Gasteiger partial charge in [-0.3, -0.25) is 4.98 Å². The number of fused-ring (bicyclic) bond motifs is 1. The molecule has 0 aliphatic carbocycles. The van der Waals surface area contributed by atoms with Crippen LogP contribution in [0.2, 0.25) is 0 Å². The first-order valence-electron chi connectivity index (χ1n) is 4.82. The first-order valence-corrected chi connectivity index (χ1v) is 6.23. The van der Waals surface area contributed by atoms with E-state index in [0.717, 1.165) is 10.9 Å². The molecule has 17 heavy (non-hydrogen) atoms. The predicted molar refractivity (Wildman–Crippen MR) is 67.9 cm³/mol. The Bertz CT molecular complexity index is 519. The smallest absolute Gasteiger partial charge is 0.481 e. The van der Waals surface area contributed by atoms with Crippen LogP contribution in [0.5, 0.6) is 0 Å². The minimum Gasteiger partial charge on any atom is -0.481 e. The van der Waals surface area contributed by atoms with Crippen LogP contribution in [-0.2, 0) is 4.57 Å². The van der Waals surface area contributed by atoms with Gasteiger partial charge in [0.25, 0.3) is 0 Å². The number of nitrogens with one attached hydrogen (secondary N) is 1. The van der Waals surface area contributed by atoms with E-state index in [1.54, 1.807) is 6.66 Å². The van der Waals surface area contributed by atoms with Crippen molar-refractivity contribution < 1.29 is 55.9 Å². The molecule has 0 aliphatic rings. The zero-order valence-corrected chi connectivity index (χ0v) is 14.7. The minimum absolute atomic E-state index is 0. The van der Waals surface area contributed by atoms with E-state index in [1.807, 2.05) is 26.0 Å². The summed E-state index contributed by atoms with van der Waals surface area (Å²) in [4.78, 5) is 7.95. The van der Waals surface area contributed by atoms with Gasteiger partial charge in [-0.15, -0.1) is 0 Å². The minimum atomic E-state index is -0.167. The van der Waals surface area contributed by atoms with Gasteiger partial charge in [-0.2, -0.15) is 0 Å². The molecular weight excluding hydrogens is 260 g/mol. The predicted octanol–water partition coefficient (Wildman–Crippen LogP) is 0.575. The molecule has 1 atom stereocenters. The van der Waals surface area contributed by atoms with Crippen molar-refractivity contribution in [2.45, 2.75) is 13.8 Å². The van der Waals surface area contributed by atoms with E-state index >= 15 is 0 Å². The zero-order valence-electron chi connectivity index (χ0n) is 10.5. The summed E-state index contributed by atoms with van der Waals surface area (Å²) in [5.41, 5.74) is 10.8. The largest absolute Gasteiger partial charge is 1.00 e. The molecule has 1 aromatic carbocycles. The fourth-order valence-corrected chi connectivity index (χ4v) is 1.32. The molecule has 84 valence electrons. The van der Waals surface area contributed by atoms with Gasteiger partial charge in [-0.1, -0.05) is 10.4 Å². The van der Waals surface area contributed by atoms with Crippen molar-refractivity contribution in [3.05, 3.63) is 35.3 Å². The van der Waals surface area contributed by atoms with Crippen LogP contribution in [0, 0.1) is 13.8 Å². The molecule has 1 N–H and O–H groups in total. The van der Waals surface area contributed by atoms with Gasteiger partial charge >= 0.3 is 59.8 Å². The van der Waals surface area contributed by atoms with Crippen molar-refractivity contribution >= 4 is 25.2 Å². The van der Waals surface area contributed by atoms with Crippen LogP contribution in [0.1, 0.15) is 11.1 Å². The number of hydrogen-bond acceptors (Lipinski definition) is 3. The Labute approximate surface area is 145 Å². The van der Waals surface area contributed by atoms with Gasteiger partial charge in [-0.25, -0.2) is 0 Å². The Kier molecular flexibility index (Phi) is 8.29. The quantitative estimate of drug-likeness (QED) is 0.521. The van der Waals surface area contributed by atoms with Crippen LogP contribution >= 0.6 is 8.46 Å². The summed E-state index contributed by atoms with van der Waals surface area (Å²) in [6.07, 6.45) is 1.43. The molecule has 1 aromatic heterocycles. The molecule has 0 saturated heterocycles. The van der Waals surface area contributed by atoms with Crippen molar-refractivity contribution in [1.82, 2.24) is 9.97 Å². The van der Waals surface area contributed by atoms with Crippen molar-refractivity contribution in [2.75, 3.05) is 6.66 Å². The fourth-order valence-electron chi connectivity index (χ4n) is 1.32. The molecule has 0 amide bonds. The number of aryl methyl sites for hydroxylation is 2. The average Bonchev–Trinajstić information content (AvgIpc) is 2.23. The Morgan fingerprint density at radius 3 is 2.29 bits per heavy atom. The van der Waals surface area contributed by atoms with E-state index < -0.39 is 0 Å². The molecule has 1 heterocycles. The van der Waals surface area contributed by atoms with E-state index in [0.29, 0.717) is 5.82 Å². The Balaban J connectivity index is 0.000000583. The van der Waals surface area contributed by atoms with Crippen molar-refractivity contribution in [3.8, 4) is 0 Å². The van der Waals surface area contributed by atoms with Gasteiger partial charge in [0.1, 0.15) is 6.66 Å². The number of nitrogens with zero attached hydrogens (tertiary/aromatic N) is 2. The van der Waals surface area contributed by atoms with E-state index in [9.17, 15) is 0 Å². The summed E-state index contributed by atoms with van der Waals surface area (Å²) >= 11 is 0. The van der Waals surface area contributed by atoms with Crippen molar-refractivity contribution in [3.63, 3.8) is 0 Å². The molecule has 0 radical (unpaired) electrons. The zero-order chi connectivity index (χ0) is 12.1. The molecule has 2 rings (SSSR count). The Hall–Kier alpha value is 0.0964. The van der Waals surface area contributed by atoms with Gasteiger partial charge in [0, 0.05) is 6.33 Å². The third-order valence-electron chi connectivity index (χ3n) is 2.25. The third kappa shape index (κ3) is 4.70. The van der Waals surface area contributed by atoms with Crippen molar-refractivity contribution in [1.29, 1.82) is 0 Å². The number of aromatic nitrogens is 2. The normalized spacial score (nSPS) is 9.35. The summed E-state index contributed by atoms with van der Waals surface area (Å²) in [6.45, 7) is 5.67. The first kappa shape index (κ1) is 17.1. The third-order valence-corrected chi connectivity index (χ3v) is 2.25.